The normalized spacial score (nSPS) is 11.6. The smallest absolute Gasteiger partial charge is 0.261 e. The van der Waals surface area contributed by atoms with Crippen molar-refractivity contribution in [2.45, 2.75) is 60.3 Å². The van der Waals surface area contributed by atoms with Crippen LogP contribution in [0.2, 0.25) is 0 Å². The number of anilines is 8. The molecule has 10 aromatic heterocycles. The summed E-state index contributed by atoms with van der Waals surface area (Å²) in [6.45, 7) is 8.56. The third kappa shape index (κ3) is 22.4. The van der Waals surface area contributed by atoms with E-state index in [4.69, 9.17) is 4.42 Å². The maximum Gasteiger partial charge on any atom is 0.261 e. The molecule has 0 unspecified atom stereocenters. The second-order valence-corrected chi connectivity index (χ2v) is 37.5. The van der Waals surface area contributed by atoms with Crippen LogP contribution in [0, 0.1) is 59.3 Å². The van der Waals surface area contributed by atoms with E-state index in [1.54, 1.807) is 95.1 Å². The summed E-state index contributed by atoms with van der Waals surface area (Å²) in [5.74, 6) is -15.5. The van der Waals surface area contributed by atoms with Crippen LogP contribution >= 0.6 is 11.3 Å². The third-order valence-corrected chi connectivity index (χ3v) is 26.1. The van der Waals surface area contributed by atoms with Gasteiger partial charge in [-0.05, 0) is 157 Å². The van der Waals surface area contributed by atoms with E-state index in [0.717, 1.165) is 92.9 Å². The van der Waals surface area contributed by atoms with Crippen LogP contribution in [-0.4, -0.2) is 120 Å². The molecule has 43 heteroatoms. The molecule has 0 fully saturated rings. The fraction of sp³-hybridized carbons (Fsp3) is 0.146. The number of aromatic nitrogens is 8. The molecule has 0 saturated carbocycles. The number of aromatic amines is 4. The van der Waals surface area contributed by atoms with Crippen LogP contribution in [0.5, 0.6) is 0 Å². The molecule has 10 heterocycles. The molecule has 16 aromatic rings. The molecule has 0 radical (unpaired) electrons. The average Bonchev–Trinajstić information content (AvgIpc) is 1.76. The minimum absolute atomic E-state index is 0.130. The highest BCUT2D eigenvalue weighted by molar-refractivity contribution is 7.93. The number of benzene rings is 6. The number of H-pyrrole nitrogens is 4. The van der Waals surface area contributed by atoms with Gasteiger partial charge in [0.25, 0.3) is 23.6 Å². The van der Waals surface area contributed by atoms with Crippen LogP contribution in [0.15, 0.2) is 211 Å². The number of furan rings is 1. The number of hydrogen-bond donors (Lipinski definition) is 12. The number of rotatable bonds is 28. The highest BCUT2D eigenvalue weighted by Gasteiger charge is 2.30. The molecule has 684 valence electrons. The average molecular weight is 1910 g/mol. The van der Waals surface area contributed by atoms with Crippen LogP contribution in [0.1, 0.15) is 100 Å². The van der Waals surface area contributed by atoms with Gasteiger partial charge in [-0.3, -0.25) is 38.1 Å². The Morgan fingerprint density at radius 3 is 0.947 bits per heavy atom. The summed E-state index contributed by atoms with van der Waals surface area (Å²) in [5, 5.41) is 16.2. The number of sulfonamides is 4. The van der Waals surface area contributed by atoms with Gasteiger partial charge in [0.2, 0.25) is 40.1 Å². The number of nitrogens with one attached hydrogen (secondary N) is 12. The molecule has 29 nitrogen and oxygen atoms in total. The Balaban J connectivity index is 0.000000150. The van der Waals surface area contributed by atoms with Gasteiger partial charge >= 0.3 is 0 Å². The Bertz CT molecular complexity index is 7130. The van der Waals surface area contributed by atoms with Crippen LogP contribution in [0.3, 0.4) is 0 Å². The number of nitrogens with zero attached hydrogens (tertiary/aromatic N) is 4. The molecule has 0 aliphatic carbocycles. The van der Waals surface area contributed by atoms with Crippen molar-refractivity contribution in [1.82, 2.24) is 39.9 Å². The van der Waals surface area contributed by atoms with E-state index in [2.05, 4.69) is 70.6 Å². The van der Waals surface area contributed by atoms with Gasteiger partial charge < -0.3 is 45.6 Å². The zero-order chi connectivity index (χ0) is 94.7. The van der Waals surface area contributed by atoms with E-state index in [1.165, 1.54) is 60.6 Å². The standard InChI is InChI=1S/C24H22F2N4O3S.C23H19F3N4O3S.C21H18F2N4O4S.C21H18F2N4O3S2/c1-3-9-34(32,33)30-20-8-7-19(25)21(22(20)26)24(31)29-16-11-17-18(13-28-23(17)27-12-16)15-6-4-5-14(2)10-15;1-2-8-34(32,33)30-19-7-6-18(25)20(21(19)26)23(31)29-15-10-16-17(12-28-22(16)27-11-15)13-4-3-5-14(24)9-13;2*1-2-7-32(29,30)27-17-4-3-16(22)18(19(17)23)21(28)26-13-8-14-15(12-5-6-31-11-12)10-25-20(14)24-9-13/h4-8,10-13,30H,3,9H2,1-2H3,(H,27,28)(H,29,31);3-7,9-12,30H,2,8H2,1H3,(H,27,28)(H,29,31);2*3-6,8-11,27H,2,7H2,1H3,(H,24,25)(H,26,28). The van der Waals surface area contributed by atoms with E-state index in [0.29, 0.717) is 69.1 Å². The Hall–Kier alpha value is -14.7. The number of carbonyl (C=O) groups excluding carboxylic acids is 4. The Kier molecular flexibility index (Phi) is 29.1. The molecule has 16 rings (SSSR count). The molecule has 0 spiro atoms. The van der Waals surface area contributed by atoms with Gasteiger partial charge in [-0.25, -0.2) is 93.1 Å². The highest BCUT2D eigenvalue weighted by atomic mass is 32.2. The second kappa shape index (κ2) is 40.5. The molecule has 0 aliphatic heterocycles. The summed E-state index contributed by atoms with van der Waals surface area (Å²) in [5.41, 5.74) is 4.71. The first kappa shape index (κ1) is 94.9. The summed E-state index contributed by atoms with van der Waals surface area (Å²) in [6, 6.07) is 30.9. The number of hydrogen-bond acceptors (Lipinski definition) is 18. The Morgan fingerprint density at radius 1 is 0.364 bits per heavy atom. The second-order valence-electron chi connectivity index (χ2n) is 29.3. The summed E-state index contributed by atoms with van der Waals surface area (Å²) in [4.78, 5) is 79.8. The summed E-state index contributed by atoms with van der Waals surface area (Å²) >= 11 is 1.53. The molecule has 132 heavy (non-hydrogen) atoms. The van der Waals surface area contributed by atoms with Gasteiger partial charge in [0, 0.05) is 74.1 Å². The third-order valence-electron chi connectivity index (χ3n) is 19.5. The zero-order valence-electron chi connectivity index (χ0n) is 69.8. The molecule has 0 atom stereocenters. The molecule has 0 saturated heterocycles. The predicted octanol–water partition coefficient (Wildman–Crippen LogP) is 19.8. The molecule has 0 bridgehead atoms. The van der Waals surface area contributed by atoms with Gasteiger partial charge in [-0.2, -0.15) is 11.3 Å². The van der Waals surface area contributed by atoms with E-state index in [1.807, 2.05) is 57.5 Å². The van der Waals surface area contributed by atoms with Crippen LogP contribution in [0.25, 0.3) is 88.6 Å². The SMILES string of the molecule is CCCS(=O)(=O)Nc1ccc(F)c(C(=O)Nc2cnc3[nH]cc(-c4cccc(C)c4)c3c2)c1F.CCCS(=O)(=O)Nc1ccc(F)c(C(=O)Nc2cnc3[nH]cc(-c4cccc(F)c4)c3c2)c1F.CCCS(=O)(=O)Nc1ccc(F)c(C(=O)Nc2cnc3[nH]cc(-c4ccoc4)c3c2)c1F.CCCS(=O)(=O)Nc1ccc(F)c(C(=O)Nc2cnc3[nH]cc(-c4ccsc4)c3c2)c1F. The van der Waals surface area contributed by atoms with Gasteiger partial charge in [0.05, 0.1) is 106 Å². The number of carbonyl (C=O) groups is 4. The van der Waals surface area contributed by atoms with Crippen LogP contribution in [0.4, 0.5) is 85.0 Å². The first-order valence-corrected chi connectivity index (χ1v) is 47.5. The zero-order valence-corrected chi connectivity index (χ0v) is 73.9. The fourth-order valence-corrected chi connectivity index (χ4v) is 18.8. The molecule has 6 aromatic carbocycles. The van der Waals surface area contributed by atoms with Gasteiger partial charge in [0.15, 0.2) is 23.3 Å². The highest BCUT2D eigenvalue weighted by Crippen LogP contribution is 2.38. The largest absolute Gasteiger partial charge is 0.472 e. The van der Waals surface area contributed by atoms with Crippen molar-refractivity contribution in [3.8, 4) is 44.5 Å². The lowest BCUT2D eigenvalue weighted by atomic mass is 10.0. The van der Waals surface area contributed by atoms with Gasteiger partial charge in [-0.15, -0.1) is 0 Å². The number of fused-ring (bicyclic) bond motifs is 4. The molecule has 4 amide bonds. The molecule has 12 N–H and O–H groups in total. The lowest BCUT2D eigenvalue weighted by molar-refractivity contribution is 0.101. The number of halogens is 9. The van der Waals surface area contributed by atoms with Crippen LogP contribution in [-0.2, 0) is 40.1 Å². The van der Waals surface area contributed by atoms with E-state index in [9.17, 15) is 92.4 Å². The van der Waals surface area contributed by atoms with Crippen molar-refractivity contribution in [2.75, 3.05) is 63.2 Å². The maximum absolute atomic E-state index is 14.9. The lowest BCUT2D eigenvalue weighted by Gasteiger charge is -2.12. The van der Waals surface area contributed by atoms with E-state index >= 15 is 0 Å². The topological polar surface area (TPSA) is 429 Å². The van der Waals surface area contributed by atoms with Gasteiger partial charge in [0.1, 0.15) is 73.9 Å². The van der Waals surface area contributed by atoms with Crippen LogP contribution < -0.4 is 40.2 Å². The fourth-order valence-electron chi connectivity index (χ4n) is 13.6. The molecule has 0 aliphatic rings. The van der Waals surface area contributed by atoms with Crippen molar-refractivity contribution >= 4 is 165 Å². The Labute approximate surface area is 751 Å². The summed E-state index contributed by atoms with van der Waals surface area (Å²) in [6.07, 6.45) is 16.6. The number of thiophene rings is 1. The van der Waals surface area contributed by atoms with Gasteiger partial charge in [-0.1, -0.05) is 69.7 Å². The minimum Gasteiger partial charge on any atom is -0.472 e. The van der Waals surface area contributed by atoms with Crippen molar-refractivity contribution < 1.29 is 96.8 Å². The van der Waals surface area contributed by atoms with Crippen molar-refractivity contribution in [2.24, 2.45) is 0 Å². The van der Waals surface area contributed by atoms with E-state index in [-0.39, 0.29) is 52.2 Å². The maximum atomic E-state index is 14.9. The first-order chi connectivity index (χ1) is 62.9. The summed E-state index contributed by atoms with van der Waals surface area (Å²) in [7, 11) is -15.3. The Morgan fingerprint density at radius 2 is 0.667 bits per heavy atom. The lowest BCUT2D eigenvalue weighted by Crippen LogP contribution is -2.20. The first-order valence-electron chi connectivity index (χ1n) is 39.9. The quantitative estimate of drug-likeness (QED) is 0.0203. The molecular weight excluding hydrogens is 1830 g/mol. The minimum atomic E-state index is -3.86. The van der Waals surface area contributed by atoms with Crippen molar-refractivity contribution in [1.29, 1.82) is 0 Å². The van der Waals surface area contributed by atoms with E-state index < -0.39 is 161 Å². The monoisotopic (exact) mass is 1910 g/mol. The summed E-state index contributed by atoms with van der Waals surface area (Å²) < 4.78 is 240. The molecular formula is C89H77F9N16O13S5. The number of pyridine rings is 4. The van der Waals surface area contributed by atoms with Crippen molar-refractivity contribution in [3.05, 3.63) is 286 Å². The number of aryl methyl sites for hydroxylation is 1. The number of amides is 4. The van der Waals surface area contributed by atoms with Crippen molar-refractivity contribution in [3.63, 3.8) is 0 Å². The predicted molar refractivity (Wildman–Crippen MR) is 489 cm³/mol.